The fraction of sp³-hybridized carbons (Fsp3) is 0.488. The third kappa shape index (κ3) is 13.1. The molecule has 310 valence electrons. The number of amides is 4. The molecule has 12 nitrogen and oxygen atoms in total. The van der Waals surface area contributed by atoms with Crippen LogP contribution in [0.15, 0.2) is 60.7 Å². The molecule has 14 heteroatoms. The number of nitrogens with zero attached hydrogens (tertiary/aromatic N) is 2. The predicted octanol–water partition coefficient (Wildman–Crippen LogP) is 7.93. The summed E-state index contributed by atoms with van der Waals surface area (Å²) < 4.78 is 38.9. The Hall–Kier alpha value is -4.88. The molecule has 1 aliphatic rings. The Morgan fingerprint density at radius 1 is 0.877 bits per heavy atom. The summed E-state index contributed by atoms with van der Waals surface area (Å²) in [7, 11) is 3.22. The van der Waals surface area contributed by atoms with E-state index in [9.17, 15) is 19.2 Å². The molecule has 3 N–H and O–H groups in total. The molecule has 1 saturated carbocycles. The molecule has 4 amide bonds. The highest BCUT2D eigenvalue weighted by Crippen LogP contribution is 2.40. The topological polar surface area (TPSA) is 150 Å². The van der Waals surface area contributed by atoms with Crippen LogP contribution in [-0.2, 0) is 19.0 Å². The van der Waals surface area contributed by atoms with E-state index < -0.39 is 41.0 Å². The Bertz CT molecular complexity index is 1870. The van der Waals surface area contributed by atoms with Gasteiger partial charge in [-0.2, -0.15) is 0 Å². The van der Waals surface area contributed by atoms with Gasteiger partial charge in [0.25, 0.3) is 0 Å². The summed E-state index contributed by atoms with van der Waals surface area (Å²) in [5, 5.41) is 3.13. The van der Waals surface area contributed by atoms with E-state index in [2.05, 4.69) is 5.32 Å². The van der Waals surface area contributed by atoms with Crippen molar-refractivity contribution < 1.29 is 42.5 Å². The van der Waals surface area contributed by atoms with E-state index in [1.807, 2.05) is 77.9 Å². The molecule has 1 atom stereocenters. The molecule has 1 aliphatic carbocycles. The van der Waals surface area contributed by atoms with Crippen molar-refractivity contribution in [2.75, 3.05) is 40.5 Å². The summed E-state index contributed by atoms with van der Waals surface area (Å²) >= 11 is 6.78. The average molecular weight is 811 g/mol. The second-order valence-electron chi connectivity index (χ2n) is 16.3. The van der Waals surface area contributed by atoms with Gasteiger partial charge in [-0.25, -0.2) is 14.0 Å². The number of ether oxygens (including phenoxy) is 4. The fourth-order valence-electron chi connectivity index (χ4n) is 6.57. The normalized spacial score (nSPS) is 16.2. The van der Waals surface area contributed by atoms with Gasteiger partial charge in [0.05, 0.1) is 12.2 Å². The SMILES string of the molecule is CN(C)C(=O)COCCOc1ccc(C(N)=O)c(-c2cc(C(CN(C(=O)OC(C)(C)C)C3CCC(NC(=O)OC(C)(C)C)CC3)c3ccccc3)ccc2Cl)c1F. The van der Waals surface area contributed by atoms with Gasteiger partial charge in [-0.1, -0.05) is 48.0 Å². The number of alkyl carbamates (subject to hydrolysis) is 1. The van der Waals surface area contributed by atoms with Gasteiger partial charge in [0.2, 0.25) is 11.8 Å². The van der Waals surface area contributed by atoms with E-state index in [1.54, 1.807) is 31.1 Å². The van der Waals surface area contributed by atoms with Crippen LogP contribution < -0.4 is 15.8 Å². The average Bonchev–Trinajstić information content (AvgIpc) is 3.12. The second-order valence-corrected chi connectivity index (χ2v) is 16.7. The summed E-state index contributed by atoms with van der Waals surface area (Å²) in [6, 6.07) is 17.1. The van der Waals surface area contributed by atoms with E-state index in [0.717, 1.165) is 5.56 Å². The van der Waals surface area contributed by atoms with Gasteiger partial charge in [0, 0.05) is 54.8 Å². The zero-order chi connectivity index (χ0) is 42.1. The van der Waals surface area contributed by atoms with Gasteiger partial charge in [0.1, 0.15) is 24.4 Å². The van der Waals surface area contributed by atoms with Crippen molar-refractivity contribution >= 4 is 35.6 Å². The van der Waals surface area contributed by atoms with Crippen LogP contribution >= 0.6 is 11.6 Å². The number of benzene rings is 3. The van der Waals surface area contributed by atoms with Crippen molar-refractivity contribution in [1.82, 2.24) is 15.1 Å². The molecule has 3 aromatic carbocycles. The van der Waals surface area contributed by atoms with Crippen molar-refractivity contribution in [3.05, 3.63) is 88.2 Å². The van der Waals surface area contributed by atoms with Crippen LogP contribution in [0.1, 0.15) is 94.6 Å². The molecular weight excluding hydrogens is 755 g/mol. The molecule has 1 unspecified atom stereocenters. The van der Waals surface area contributed by atoms with Gasteiger partial charge in [-0.15, -0.1) is 0 Å². The van der Waals surface area contributed by atoms with Gasteiger partial charge in [0.15, 0.2) is 11.6 Å². The first kappa shape index (κ1) is 44.8. The van der Waals surface area contributed by atoms with Crippen molar-refractivity contribution in [2.45, 2.75) is 96.4 Å². The standard InChI is InChI=1S/C43H56ClFN4O8/c1-42(2,3)56-40(52)47-29-15-17-30(18-16-29)49(41(53)57-43(4,5)6)25-33(27-12-10-9-11-13-27)28-14-20-34(44)32(24-28)37-31(39(46)51)19-21-35(38(37)45)55-23-22-54-26-36(50)48(7)8/h9-14,19-21,24,29-30,33H,15-18,22-23,25-26H2,1-8H3,(H2,46,51)(H,47,52). The molecule has 57 heavy (non-hydrogen) atoms. The van der Waals surface area contributed by atoms with Crippen LogP contribution in [0.5, 0.6) is 5.75 Å². The largest absolute Gasteiger partial charge is 0.488 e. The van der Waals surface area contributed by atoms with Crippen molar-refractivity contribution in [2.24, 2.45) is 5.73 Å². The number of nitrogens with two attached hydrogens (primary N) is 1. The van der Waals surface area contributed by atoms with Crippen LogP contribution in [0.25, 0.3) is 11.1 Å². The maximum Gasteiger partial charge on any atom is 0.410 e. The smallest absolute Gasteiger partial charge is 0.410 e. The fourth-order valence-corrected chi connectivity index (χ4v) is 6.78. The highest BCUT2D eigenvalue weighted by Gasteiger charge is 2.35. The molecule has 0 bridgehead atoms. The number of carbonyl (C=O) groups is 4. The predicted molar refractivity (Wildman–Crippen MR) is 217 cm³/mol. The Morgan fingerprint density at radius 3 is 2.12 bits per heavy atom. The zero-order valence-electron chi connectivity index (χ0n) is 34.2. The second kappa shape index (κ2) is 19.5. The highest BCUT2D eigenvalue weighted by atomic mass is 35.5. The third-order valence-corrected chi connectivity index (χ3v) is 9.64. The minimum absolute atomic E-state index is 0.0109. The zero-order valence-corrected chi connectivity index (χ0v) is 34.9. The van der Waals surface area contributed by atoms with E-state index in [-0.39, 0.29) is 71.8 Å². The molecular formula is C43H56ClFN4O8. The number of carbonyl (C=O) groups excluding carboxylic acids is 4. The molecule has 0 radical (unpaired) electrons. The molecule has 0 aromatic heterocycles. The summed E-state index contributed by atoms with van der Waals surface area (Å²) in [4.78, 5) is 54.3. The Morgan fingerprint density at radius 2 is 1.53 bits per heavy atom. The third-order valence-electron chi connectivity index (χ3n) is 9.31. The lowest BCUT2D eigenvalue weighted by atomic mass is 9.86. The molecule has 0 aliphatic heterocycles. The van der Waals surface area contributed by atoms with E-state index >= 15 is 4.39 Å². The van der Waals surface area contributed by atoms with Gasteiger partial charge in [-0.3, -0.25) is 9.59 Å². The van der Waals surface area contributed by atoms with Crippen LogP contribution in [0.3, 0.4) is 0 Å². The lowest BCUT2D eigenvalue weighted by molar-refractivity contribution is -0.133. The Kier molecular flexibility index (Phi) is 15.3. The quantitative estimate of drug-likeness (QED) is 0.156. The van der Waals surface area contributed by atoms with Crippen molar-refractivity contribution in [3.8, 4) is 16.9 Å². The van der Waals surface area contributed by atoms with Gasteiger partial charge < -0.3 is 39.8 Å². The number of likely N-dealkylation sites (N-methyl/N-ethyl adjacent to an activating group) is 1. The minimum atomic E-state index is -0.866. The lowest BCUT2D eigenvalue weighted by Crippen LogP contribution is -2.49. The minimum Gasteiger partial charge on any atom is -0.488 e. The molecule has 4 rings (SSSR count). The van der Waals surface area contributed by atoms with E-state index in [1.165, 1.54) is 17.0 Å². The molecule has 3 aromatic rings. The molecule has 0 spiro atoms. The van der Waals surface area contributed by atoms with Crippen molar-refractivity contribution in [1.29, 1.82) is 0 Å². The van der Waals surface area contributed by atoms with Crippen LogP contribution in [0.2, 0.25) is 5.02 Å². The van der Waals surface area contributed by atoms with Gasteiger partial charge in [-0.05, 0) is 103 Å². The van der Waals surface area contributed by atoms with Crippen LogP contribution in [-0.4, -0.2) is 97.5 Å². The first-order valence-corrected chi connectivity index (χ1v) is 19.5. The number of primary amides is 1. The maximum atomic E-state index is 16.5. The lowest BCUT2D eigenvalue weighted by Gasteiger charge is -2.39. The number of hydrogen-bond acceptors (Lipinski definition) is 8. The van der Waals surface area contributed by atoms with E-state index in [4.69, 9.17) is 36.3 Å². The van der Waals surface area contributed by atoms with Gasteiger partial charge >= 0.3 is 12.2 Å². The van der Waals surface area contributed by atoms with E-state index in [0.29, 0.717) is 31.2 Å². The molecule has 0 heterocycles. The monoisotopic (exact) mass is 810 g/mol. The van der Waals surface area contributed by atoms with Crippen LogP contribution in [0.4, 0.5) is 14.0 Å². The number of hydrogen-bond donors (Lipinski definition) is 2. The summed E-state index contributed by atoms with van der Waals surface area (Å²) in [5.74, 6) is -2.56. The highest BCUT2D eigenvalue weighted by molar-refractivity contribution is 6.33. The Labute approximate surface area is 340 Å². The maximum absolute atomic E-state index is 16.5. The van der Waals surface area contributed by atoms with Crippen molar-refractivity contribution in [3.63, 3.8) is 0 Å². The summed E-state index contributed by atoms with van der Waals surface area (Å²) in [6.07, 6.45) is 1.49. The summed E-state index contributed by atoms with van der Waals surface area (Å²) in [6.45, 7) is 10.8. The first-order chi connectivity index (χ1) is 26.7. The molecule has 1 fully saturated rings. The molecule has 0 saturated heterocycles. The first-order valence-electron chi connectivity index (χ1n) is 19.1. The number of nitrogens with one attached hydrogen (secondary N) is 1. The number of rotatable bonds is 14. The summed E-state index contributed by atoms with van der Waals surface area (Å²) in [5.41, 5.74) is 5.90. The Balaban J connectivity index is 1.69. The number of halogens is 2. The van der Waals surface area contributed by atoms with Crippen LogP contribution in [0, 0.1) is 5.82 Å².